The Balaban J connectivity index is 1.39. The second-order valence-corrected chi connectivity index (χ2v) is 7.07. The second-order valence-electron chi connectivity index (χ2n) is 7.07. The van der Waals surface area contributed by atoms with Gasteiger partial charge in [-0.25, -0.2) is 9.67 Å². The molecule has 0 unspecified atom stereocenters. The summed E-state index contributed by atoms with van der Waals surface area (Å²) in [5, 5.41) is 4.50. The highest BCUT2D eigenvalue weighted by Gasteiger charge is 2.13. The molecule has 1 aliphatic rings. The minimum absolute atomic E-state index is 0.589. The lowest BCUT2D eigenvalue weighted by Crippen LogP contribution is -2.36. The number of fused-ring (bicyclic) bond motifs is 1. The van der Waals surface area contributed by atoms with Crippen LogP contribution in [-0.4, -0.2) is 41.1 Å². The molecule has 3 heterocycles. The first-order chi connectivity index (χ1) is 14.3. The van der Waals surface area contributed by atoms with Crippen molar-refractivity contribution in [1.29, 1.82) is 0 Å². The van der Waals surface area contributed by atoms with Gasteiger partial charge < -0.3 is 14.1 Å². The van der Waals surface area contributed by atoms with E-state index >= 15 is 0 Å². The van der Waals surface area contributed by atoms with Crippen molar-refractivity contribution in [3.8, 4) is 5.69 Å². The van der Waals surface area contributed by atoms with Gasteiger partial charge in [0.1, 0.15) is 5.52 Å². The molecule has 29 heavy (non-hydrogen) atoms. The third kappa shape index (κ3) is 3.54. The number of benzene rings is 2. The molecule has 0 N–H and O–H groups in total. The first kappa shape index (κ1) is 17.7. The van der Waals surface area contributed by atoms with Crippen molar-refractivity contribution in [2.75, 3.05) is 31.2 Å². The van der Waals surface area contributed by atoms with Gasteiger partial charge in [0.15, 0.2) is 5.58 Å². The number of hydrogen-bond acceptors (Lipinski definition) is 5. The molecule has 1 aliphatic heterocycles. The number of hydrogen-bond donors (Lipinski definition) is 0. The summed E-state index contributed by atoms with van der Waals surface area (Å²) in [6.07, 6.45) is 5.75. The average Bonchev–Trinajstić information content (AvgIpc) is 3.35. The number of ether oxygens (including phenoxy) is 1. The van der Waals surface area contributed by atoms with Crippen LogP contribution in [0.25, 0.3) is 28.9 Å². The van der Waals surface area contributed by atoms with Crippen LogP contribution in [0, 0.1) is 6.92 Å². The van der Waals surface area contributed by atoms with Crippen LogP contribution >= 0.6 is 0 Å². The maximum Gasteiger partial charge on any atom is 0.220 e. The maximum absolute atomic E-state index is 5.90. The summed E-state index contributed by atoms with van der Waals surface area (Å²) in [4.78, 5) is 6.95. The topological polar surface area (TPSA) is 56.3 Å². The van der Waals surface area contributed by atoms with Crippen molar-refractivity contribution in [2.24, 2.45) is 0 Å². The molecule has 2 aromatic carbocycles. The quantitative estimate of drug-likeness (QED) is 0.523. The molecule has 0 bridgehead atoms. The van der Waals surface area contributed by atoms with E-state index in [1.807, 2.05) is 59.4 Å². The number of rotatable bonds is 4. The van der Waals surface area contributed by atoms with Gasteiger partial charge in [0.25, 0.3) is 0 Å². The molecule has 5 rings (SSSR count). The molecule has 6 nitrogen and oxygen atoms in total. The molecule has 1 fully saturated rings. The van der Waals surface area contributed by atoms with E-state index in [1.165, 1.54) is 0 Å². The number of anilines is 1. The SMILES string of the molecule is Cc1c(/C=C/c2nc3cc(N4CCOCC4)ccc3o2)cnn1-c1ccccc1. The van der Waals surface area contributed by atoms with Crippen LogP contribution in [0.5, 0.6) is 0 Å². The second kappa shape index (κ2) is 7.56. The van der Waals surface area contributed by atoms with Crippen LogP contribution in [0.1, 0.15) is 17.1 Å². The molecule has 4 aromatic rings. The molecule has 0 amide bonds. The van der Waals surface area contributed by atoms with E-state index in [4.69, 9.17) is 9.15 Å². The van der Waals surface area contributed by atoms with E-state index in [0.29, 0.717) is 5.89 Å². The highest BCUT2D eigenvalue weighted by molar-refractivity contribution is 5.80. The van der Waals surface area contributed by atoms with Crippen molar-refractivity contribution in [3.05, 3.63) is 71.9 Å². The molecule has 2 aromatic heterocycles. The third-order valence-corrected chi connectivity index (χ3v) is 5.22. The lowest BCUT2D eigenvalue weighted by atomic mass is 10.2. The van der Waals surface area contributed by atoms with Crippen LogP contribution in [-0.2, 0) is 4.74 Å². The fraction of sp³-hybridized carbons (Fsp3) is 0.217. The summed E-state index contributed by atoms with van der Waals surface area (Å²) in [5.41, 5.74) is 5.96. The van der Waals surface area contributed by atoms with Crippen LogP contribution < -0.4 is 4.90 Å². The zero-order chi connectivity index (χ0) is 19.6. The van der Waals surface area contributed by atoms with Crippen molar-refractivity contribution in [3.63, 3.8) is 0 Å². The van der Waals surface area contributed by atoms with Crippen LogP contribution in [0.2, 0.25) is 0 Å². The minimum atomic E-state index is 0.589. The molecular weight excluding hydrogens is 364 g/mol. The van der Waals surface area contributed by atoms with Crippen molar-refractivity contribution < 1.29 is 9.15 Å². The van der Waals surface area contributed by atoms with Gasteiger partial charge >= 0.3 is 0 Å². The molecule has 1 saturated heterocycles. The number of oxazole rings is 1. The van der Waals surface area contributed by atoms with Gasteiger partial charge in [-0.2, -0.15) is 5.10 Å². The van der Waals surface area contributed by atoms with Gasteiger partial charge in [-0.1, -0.05) is 18.2 Å². The van der Waals surface area contributed by atoms with Gasteiger partial charge in [0.05, 0.1) is 25.1 Å². The van der Waals surface area contributed by atoms with E-state index in [1.54, 1.807) is 0 Å². The van der Waals surface area contributed by atoms with Gasteiger partial charge in [0.2, 0.25) is 5.89 Å². The molecule has 6 heteroatoms. The van der Waals surface area contributed by atoms with Gasteiger partial charge in [-0.3, -0.25) is 0 Å². The molecular formula is C23H22N4O2. The van der Waals surface area contributed by atoms with Gasteiger partial charge in [0, 0.05) is 36.1 Å². The molecule has 0 radical (unpaired) electrons. The normalized spacial score (nSPS) is 14.9. The number of morpholine rings is 1. The lowest BCUT2D eigenvalue weighted by molar-refractivity contribution is 0.122. The molecule has 146 valence electrons. The Kier molecular flexibility index (Phi) is 4.62. The Bertz CT molecular complexity index is 1150. The van der Waals surface area contributed by atoms with Gasteiger partial charge in [-0.15, -0.1) is 0 Å². The van der Waals surface area contributed by atoms with E-state index in [0.717, 1.165) is 60.0 Å². The Hall–Kier alpha value is -3.38. The molecule has 0 saturated carbocycles. The highest BCUT2D eigenvalue weighted by Crippen LogP contribution is 2.24. The zero-order valence-electron chi connectivity index (χ0n) is 16.3. The highest BCUT2D eigenvalue weighted by atomic mass is 16.5. The summed E-state index contributed by atoms with van der Waals surface area (Å²) < 4.78 is 13.3. The predicted molar refractivity (Wildman–Crippen MR) is 114 cm³/mol. The first-order valence-electron chi connectivity index (χ1n) is 9.79. The van der Waals surface area contributed by atoms with E-state index in [9.17, 15) is 0 Å². The average molecular weight is 386 g/mol. The van der Waals surface area contributed by atoms with Crippen LogP contribution in [0.4, 0.5) is 5.69 Å². The van der Waals surface area contributed by atoms with E-state index in [-0.39, 0.29) is 0 Å². The molecule has 0 spiro atoms. The summed E-state index contributed by atoms with van der Waals surface area (Å²) >= 11 is 0. The zero-order valence-corrected chi connectivity index (χ0v) is 16.3. The Morgan fingerprint density at radius 3 is 2.62 bits per heavy atom. The fourth-order valence-corrected chi connectivity index (χ4v) is 3.60. The summed E-state index contributed by atoms with van der Waals surface area (Å²) in [6, 6.07) is 16.3. The monoisotopic (exact) mass is 386 g/mol. The summed E-state index contributed by atoms with van der Waals surface area (Å²) in [7, 11) is 0. The van der Waals surface area contributed by atoms with Crippen LogP contribution in [0.15, 0.2) is 59.1 Å². The summed E-state index contributed by atoms with van der Waals surface area (Å²) in [6.45, 7) is 5.39. The smallest absolute Gasteiger partial charge is 0.220 e. The maximum atomic E-state index is 5.90. The Labute approximate surface area is 169 Å². The van der Waals surface area contributed by atoms with Crippen molar-refractivity contribution in [1.82, 2.24) is 14.8 Å². The minimum Gasteiger partial charge on any atom is -0.437 e. The number of para-hydroxylation sites is 1. The largest absolute Gasteiger partial charge is 0.437 e. The van der Waals surface area contributed by atoms with E-state index in [2.05, 4.69) is 34.0 Å². The molecule has 0 atom stereocenters. The Morgan fingerprint density at radius 2 is 1.79 bits per heavy atom. The predicted octanol–water partition coefficient (Wildman–Crippen LogP) is 4.33. The van der Waals surface area contributed by atoms with Gasteiger partial charge in [-0.05, 0) is 43.3 Å². The third-order valence-electron chi connectivity index (χ3n) is 5.22. The van der Waals surface area contributed by atoms with Crippen LogP contribution in [0.3, 0.4) is 0 Å². The van der Waals surface area contributed by atoms with Crippen molar-refractivity contribution in [2.45, 2.75) is 6.92 Å². The number of aromatic nitrogens is 3. The van der Waals surface area contributed by atoms with E-state index < -0.39 is 0 Å². The lowest BCUT2D eigenvalue weighted by Gasteiger charge is -2.28. The number of nitrogens with zero attached hydrogens (tertiary/aromatic N) is 4. The first-order valence-corrected chi connectivity index (χ1v) is 9.79. The molecule has 0 aliphatic carbocycles. The van der Waals surface area contributed by atoms with Crippen molar-refractivity contribution >= 4 is 28.9 Å². The standard InChI is InChI=1S/C23H22N4O2/c1-17-18(16-24-27(17)19-5-3-2-4-6-19)7-10-23-25-21-15-20(8-9-22(21)29-23)26-11-13-28-14-12-26/h2-10,15-16H,11-14H2,1H3/b10-7+. The summed E-state index contributed by atoms with van der Waals surface area (Å²) in [5.74, 6) is 0.589. The Morgan fingerprint density at radius 1 is 0.966 bits per heavy atom. The fourth-order valence-electron chi connectivity index (χ4n) is 3.60.